The molecule has 0 unspecified atom stereocenters. The van der Waals surface area contributed by atoms with Gasteiger partial charge in [0.15, 0.2) is 0 Å². The van der Waals surface area contributed by atoms with Crippen molar-refractivity contribution in [2.45, 2.75) is 62.8 Å². The van der Waals surface area contributed by atoms with Crippen LogP contribution in [0.2, 0.25) is 0 Å². The van der Waals surface area contributed by atoms with Gasteiger partial charge in [-0.15, -0.1) is 0 Å². The predicted molar refractivity (Wildman–Crippen MR) is 77.6 cm³/mol. The van der Waals surface area contributed by atoms with E-state index in [9.17, 15) is 9.59 Å². The Balaban J connectivity index is 2.32. The minimum absolute atomic E-state index is 0.180. The molecule has 1 rings (SSSR count). The molecule has 19 heavy (non-hydrogen) atoms. The van der Waals surface area contributed by atoms with E-state index in [4.69, 9.17) is 5.11 Å². The Morgan fingerprint density at radius 3 is 2.42 bits per heavy atom. The molecule has 1 aliphatic rings. The summed E-state index contributed by atoms with van der Waals surface area (Å²) in [6, 6.07) is -0.958. The van der Waals surface area contributed by atoms with E-state index in [1.54, 1.807) is 0 Å². The molecule has 0 bridgehead atoms. The van der Waals surface area contributed by atoms with E-state index in [0.29, 0.717) is 11.7 Å². The number of amides is 2. The summed E-state index contributed by atoms with van der Waals surface area (Å²) in [7, 11) is 0. The fraction of sp³-hybridized carbons (Fsp3) is 0.846. The van der Waals surface area contributed by atoms with Crippen LogP contribution in [0.1, 0.15) is 45.4 Å². The first kappa shape index (κ1) is 16.1. The number of hydrogen-bond acceptors (Lipinski definition) is 3. The van der Waals surface area contributed by atoms with E-state index < -0.39 is 12.0 Å². The van der Waals surface area contributed by atoms with Crippen LogP contribution in [0.5, 0.6) is 0 Å². The second-order valence-electron chi connectivity index (χ2n) is 5.01. The summed E-state index contributed by atoms with van der Waals surface area (Å²) in [5.41, 5.74) is 0. The molecule has 0 aromatic heterocycles. The van der Waals surface area contributed by atoms with Gasteiger partial charge in [-0.05, 0) is 38.4 Å². The highest BCUT2D eigenvalue weighted by atomic mass is 32.2. The Morgan fingerprint density at radius 2 is 1.95 bits per heavy atom. The molecule has 6 heteroatoms. The van der Waals surface area contributed by atoms with Gasteiger partial charge in [-0.1, -0.05) is 13.3 Å². The number of rotatable bonds is 6. The van der Waals surface area contributed by atoms with Crippen molar-refractivity contribution in [1.82, 2.24) is 10.6 Å². The van der Waals surface area contributed by atoms with Crippen LogP contribution in [0, 0.1) is 0 Å². The zero-order valence-electron chi connectivity index (χ0n) is 11.6. The van der Waals surface area contributed by atoms with Crippen molar-refractivity contribution in [3.63, 3.8) is 0 Å². The Labute approximate surface area is 118 Å². The Bertz CT molecular complexity index is 304. The maximum absolute atomic E-state index is 11.8. The van der Waals surface area contributed by atoms with Crippen LogP contribution in [-0.4, -0.2) is 40.7 Å². The smallest absolute Gasteiger partial charge is 0.326 e. The Hall–Kier alpha value is -0.910. The number of carboxylic acids is 1. The molecular formula is C13H24N2O3S. The third kappa shape index (κ3) is 5.72. The zero-order valence-corrected chi connectivity index (χ0v) is 12.5. The van der Waals surface area contributed by atoms with Crippen molar-refractivity contribution in [3.05, 3.63) is 0 Å². The normalized spacial score (nSPS) is 24.5. The van der Waals surface area contributed by atoms with Gasteiger partial charge in [-0.2, -0.15) is 11.8 Å². The van der Waals surface area contributed by atoms with E-state index >= 15 is 0 Å². The first-order valence-electron chi connectivity index (χ1n) is 6.89. The Morgan fingerprint density at radius 1 is 1.32 bits per heavy atom. The first-order chi connectivity index (χ1) is 9.06. The second kappa shape index (κ2) is 8.30. The number of aliphatic carboxylic acids is 1. The van der Waals surface area contributed by atoms with Gasteiger partial charge in [0.2, 0.25) is 0 Å². The molecule has 2 amide bonds. The summed E-state index contributed by atoms with van der Waals surface area (Å²) in [6.07, 6.45) is 7.49. The maximum atomic E-state index is 11.8. The molecule has 1 fully saturated rings. The zero-order chi connectivity index (χ0) is 14.3. The molecule has 1 aliphatic carbocycles. The van der Waals surface area contributed by atoms with Gasteiger partial charge in [0.05, 0.1) is 0 Å². The number of thioether (sulfide) groups is 1. The monoisotopic (exact) mass is 288 g/mol. The van der Waals surface area contributed by atoms with E-state index in [1.165, 1.54) is 0 Å². The standard InChI is InChI=1S/C13H24N2O3S/c1-3-4-11(12(16)17)15-13(18)14-9-5-7-10(19-2)8-6-9/h9-11H,3-8H2,1-2H3,(H,16,17)(H2,14,15,18)/t9?,10?,11-/m1/s1. The number of carbonyl (C=O) groups excluding carboxylic acids is 1. The van der Waals surface area contributed by atoms with Gasteiger partial charge in [-0.25, -0.2) is 9.59 Å². The average molecular weight is 288 g/mol. The van der Waals surface area contributed by atoms with Gasteiger partial charge in [-0.3, -0.25) is 0 Å². The molecule has 0 heterocycles. The van der Waals surface area contributed by atoms with Crippen LogP contribution in [0.3, 0.4) is 0 Å². The molecule has 0 radical (unpaired) electrons. The van der Waals surface area contributed by atoms with Gasteiger partial charge >= 0.3 is 12.0 Å². The number of nitrogens with one attached hydrogen (secondary N) is 2. The van der Waals surface area contributed by atoms with E-state index in [1.807, 2.05) is 18.7 Å². The molecule has 0 saturated heterocycles. The highest BCUT2D eigenvalue weighted by Gasteiger charge is 2.24. The van der Waals surface area contributed by atoms with Gasteiger partial charge in [0.1, 0.15) is 6.04 Å². The fourth-order valence-corrected chi connectivity index (χ4v) is 3.12. The third-order valence-electron chi connectivity index (χ3n) is 3.52. The topological polar surface area (TPSA) is 78.4 Å². The lowest BCUT2D eigenvalue weighted by Gasteiger charge is -2.28. The van der Waals surface area contributed by atoms with Gasteiger partial charge in [0, 0.05) is 11.3 Å². The van der Waals surface area contributed by atoms with Crippen LogP contribution in [0.15, 0.2) is 0 Å². The highest BCUT2D eigenvalue weighted by molar-refractivity contribution is 7.99. The average Bonchev–Trinajstić information content (AvgIpc) is 2.39. The third-order valence-corrected chi connectivity index (χ3v) is 4.66. The van der Waals surface area contributed by atoms with E-state index in [0.717, 1.165) is 32.1 Å². The van der Waals surface area contributed by atoms with Crippen molar-refractivity contribution in [2.75, 3.05) is 6.26 Å². The van der Waals surface area contributed by atoms with Gasteiger partial charge < -0.3 is 15.7 Å². The van der Waals surface area contributed by atoms with Crippen LogP contribution >= 0.6 is 11.8 Å². The van der Waals surface area contributed by atoms with Crippen molar-refractivity contribution < 1.29 is 14.7 Å². The van der Waals surface area contributed by atoms with Crippen molar-refractivity contribution in [3.8, 4) is 0 Å². The molecule has 3 N–H and O–H groups in total. The summed E-state index contributed by atoms with van der Waals surface area (Å²) in [6.45, 7) is 1.90. The van der Waals surface area contributed by atoms with Gasteiger partial charge in [0.25, 0.3) is 0 Å². The molecule has 1 saturated carbocycles. The molecule has 0 aromatic rings. The summed E-state index contributed by atoms with van der Waals surface area (Å²) >= 11 is 1.88. The van der Waals surface area contributed by atoms with Crippen molar-refractivity contribution in [1.29, 1.82) is 0 Å². The minimum Gasteiger partial charge on any atom is -0.480 e. The SMILES string of the molecule is CCC[C@@H](NC(=O)NC1CCC(SC)CC1)C(=O)O. The largest absolute Gasteiger partial charge is 0.480 e. The quantitative estimate of drug-likeness (QED) is 0.700. The molecule has 0 spiro atoms. The van der Waals surface area contributed by atoms with Crippen LogP contribution in [0.4, 0.5) is 4.79 Å². The molecule has 0 aromatic carbocycles. The Kier molecular flexibility index (Phi) is 7.05. The number of urea groups is 1. The number of hydrogen-bond donors (Lipinski definition) is 3. The molecule has 0 aliphatic heterocycles. The van der Waals surface area contributed by atoms with Crippen molar-refractivity contribution in [2.24, 2.45) is 0 Å². The first-order valence-corrected chi connectivity index (χ1v) is 8.18. The van der Waals surface area contributed by atoms with Crippen LogP contribution < -0.4 is 10.6 Å². The van der Waals surface area contributed by atoms with Crippen LogP contribution in [-0.2, 0) is 4.79 Å². The molecule has 5 nitrogen and oxygen atoms in total. The van der Waals surface area contributed by atoms with E-state index in [2.05, 4.69) is 16.9 Å². The summed E-state index contributed by atoms with van der Waals surface area (Å²) < 4.78 is 0. The lowest BCUT2D eigenvalue weighted by Crippen LogP contribution is -2.49. The predicted octanol–water partition coefficient (Wildman–Crippen LogP) is 2.21. The van der Waals surface area contributed by atoms with Crippen LogP contribution in [0.25, 0.3) is 0 Å². The molecular weight excluding hydrogens is 264 g/mol. The minimum atomic E-state index is -0.969. The van der Waals surface area contributed by atoms with Crippen molar-refractivity contribution >= 4 is 23.8 Å². The number of carboxylic acid groups (broad SMARTS) is 1. The molecule has 110 valence electrons. The maximum Gasteiger partial charge on any atom is 0.326 e. The lowest BCUT2D eigenvalue weighted by molar-refractivity contribution is -0.139. The van der Waals surface area contributed by atoms with E-state index in [-0.39, 0.29) is 12.1 Å². The molecule has 1 atom stereocenters. The summed E-state index contributed by atoms with van der Waals surface area (Å²) in [5.74, 6) is -0.969. The summed E-state index contributed by atoms with van der Waals surface area (Å²) in [5, 5.41) is 15.1. The lowest BCUT2D eigenvalue weighted by atomic mass is 9.95. The number of carbonyl (C=O) groups is 2. The fourth-order valence-electron chi connectivity index (χ4n) is 2.37. The highest BCUT2D eigenvalue weighted by Crippen LogP contribution is 2.26. The summed E-state index contributed by atoms with van der Waals surface area (Å²) in [4.78, 5) is 22.7. The second-order valence-corrected chi connectivity index (χ2v) is 6.14.